The predicted octanol–water partition coefficient (Wildman–Crippen LogP) is 5.27. The van der Waals surface area contributed by atoms with E-state index in [0.717, 1.165) is 17.5 Å². The SMILES string of the molecule is CCCNC(c1ccc(C)cc1Cl)C1CCCCC1. The molecule has 0 aliphatic heterocycles. The molecule has 1 aromatic rings. The lowest BCUT2D eigenvalue weighted by molar-refractivity contribution is 0.272. The van der Waals surface area contributed by atoms with Gasteiger partial charge in [-0.1, -0.05) is 49.9 Å². The molecule has 2 rings (SSSR count). The van der Waals surface area contributed by atoms with Gasteiger partial charge in [0.05, 0.1) is 0 Å². The van der Waals surface area contributed by atoms with E-state index in [2.05, 4.69) is 37.4 Å². The molecular weight excluding hydrogens is 254 g/mol. The Morgan fingerprint density at radius 3 is 2.63 bits per heavy atom. The van der Waals surface area contributed by atoms with Gasteiger partial charge >= 0.3 is 0 Å². The Morgan fingerprint density at radius 1 is 1.26 bits per heavy atom. The Morgan fingerprint density at radius 2 is 2.00 bits per heavy atom. The summed E-state index contributed by atoms with van der Waals surface area (Å²) in [5.41, 5.74) is 2.54. The largest absolute Gasteiger partial charge is 0.310 e. The fourth-order valence-electron chi connectivity index (χ4n) is 3.18. The minimum atomic E-state index is 0.438. The second-order valence-electron chi connectivity index (χ2n) is 5.85. The van der Waals surface area contributed by atoms with Crippen LogP contribution >= 0.6 is 11.6 Å². The monoisotopic (exact) mass is 279 g/mol. The van der Waals surface area contributed by atoms with Crippen LogP contribution in [0.15, 0.2) is 18.2 Å². The van der Waals surface area contributed by atoms with Crippen LogP contribution in [-0.2, 0) is 0 Å². The van der Waals surface area contributed by atoms with Crippen molar-refractivity contribution in [2.45, 2.75) is 58.4 Å². The highest BCUT2D eigenvalue weighted by Crippen LogP contribution is 2.37. The summed E-state index contributed by atoms with van der Waals surface area (Å²) in [7, 11) is 0. The summed E-state index contributed by atoms with van der Waals surface area (Å²) in [6.45, 7) is 5.40. The molecule has 106 valence electrons. The Bertz CT molecular complexity index is 396. The molecule has 0 saturated heterocycles. The zero-order chi connectivity index (χ0) is 13.7. The maximum absolute atomic E-state index is 6.48. The third kappa shape index (κ3) is 3.97. The Labute approximate surface area is 122 Å². The third-order valence-electron chi connectivity index (χ3n) is 4.23. The summed E-state index contributed by atoms with van der Waals surface area (Å²) >= 11 is 6.48. The van der Waals surface area contributed by atoms with Crippen LogP contribution in [0, 0.1) is 12.8 Å². The topological polar surface area (TPSA) is 12.0 Å². The van der Waals surface area contributed by atoms with Crippen molar-refractivity contribution < 1.29 is 0 Å². The second kappa shape index (κ2) is 7.31. The van der Waals surface area contributed by atoms with Gasteiger partial charge in [-0.2, -0.15) is 0 Å². The third-order valence-corrected chi connectivity index (χ3v) is 4.55. The number of halogens is 1. The fraction of sp³-hybridized carbons (Fsp3) is 0.647. The molecule has 2 heteroatoms. The van der Waals surface area contributed by atoms with Gasteiger partial charge in [-0.05, 0) is 55.8 Å². The lowest BCUT2D eigenvalue weighted by Crippen LogP contribution is -2.30. The molecule has 0 bridgehead atoms. The van der Waals surface area contributed by atoms with Gasteiger partial charge in [0.25, 0.3) is 0 Å². The van der Waals surface area contributed by atoms with E-state index in [1.54, 1.807) is 0 Å². The maximum Gasteiger partial charge on any atom is 0.0456 e. The van der Waals surface area contributed by atoms with Gasteiger partial charge in [-0.15, -0.1) is 0 Å². The average Bonchev–Trinajstić information content (AvgIpc) is 2.42. The summed E-state index contributed by atoms with van der Waals surface area (Å²) in [5, 5.41) is 4.66. The van der Waals surface area contributed by atoms with E-state index in [4.69, 9.17) is 11.6 Å². The molecule has 1 aromatic carbocycles. The first-order chi connectivity index (χ1) is 9.22. The summed E-state index contributed by atoms with van der Waals surface area (Å²) < 4.78 is 0. The molecule has 0 spiro atoms. The molecule has 0 heterocycles. The number of aryl methyl sites for hydroxylation is 1. The zero-order valence-electron chi connectivity index (χ0n) is 12.2. The van der Waals surface area contributed by atoms with Crippen molar-refractivity contribution >= 4 is 11.6 Å². The highest BCUT2D eigenvalue weighted by atomic mass is 35.5. The van der Waals surface area contributed by atoms with Crippen LogP contribution in [0.5, 0.6) is 0 Å². The fourth-order valence-corrected chi connectivity index (χ4v) is 3.53. The van der Waals surface area contributed by atoms with Gasteiger partial charge in [0.15, 0.2) is 0 Å². The zero-order valence-corrected chi connectivity index (χ0v) is 13.0. The summed E-state index contributed by atoms with van der Waals surface area (Å²) in [6.07, 6.45) is 8.00. The molecule has 1 N–H and O–H groups in total. The van der Waals surface area contributed by atoms with Crippen molar-refractivity contribution in [2.24, 2.45) is 5.92 Å². The molecule has 1 saturated carbocycles. The number of hydrogen-bond donors (Lipinski definition) is 1. The van der Waals surface area contributed by atoms with Gasteiger partial charge in [-0.3, -0.25) is 0 Å². The minimum absolute atomic E-state index is 0.438. The molecule has 0 amide bonds. The van der Waals surface area contributed by atoms with Gasteiger partial charge in [-0.25, -0.2) is 0 Å². The molecule has 1 nitrogen and oxygen atoms in total. The molecule has 1 atom stereocenters. The van der Waals surface area contributed by atoms with E-state index < -0.39 is 0 Å². The van der Waals surface area contributed by atoms with Gasteiger partial charge < -0.3 is 5.32 Å². The first-order valence-electron chi connectivity index (χ1n) is 7.71. The van der Waals surface area contributed by atoms with Crippen LogP contribution in [0.25, 0.3) is 0 Å². The first kappa shape index (κ1) is 14.9. The van der Waals surface area contributed by atoms with Crippen molar-refractivity contribution in [3.05, 3.63) is 34.3 Å². The standard InChI is InChI=1S/C17H26ClN/c1-3-11-19-17(14-7-5-4-6-8-14)15-10-9-13(2)12-16(15)18/h9-10,12,14,17,19H,3-8,11H2,1-2H3. The molecule has 1 aliphatic carbocycles. The predicted molar refractivity (Wildman–Crippen MR) is 83.8 cm³/mol. The Balaban J connectivity index is 2.19. The number of nitrogens with one attached hydrogen (secondary N) is 1. The maximum atomic E-state index is 6.48. The summed E-state index contributed by atoms with van der Waals surface area (Å²) in [6, 6.07) is 6.94. The van der Waals surface area contributed by atoms with Crippen LogP contribution in [0.1, 0.15) is 62.6 Å². The number of benzene rings is 1. The van der Waals surface area contributed by atoms with E-state index in [0.29, 0.717) is 6.04 Å². The van der Waals surface area contributed by atoms with Crippen LogP contribution in [0.2, 0.25) is 5.02 Å². The van der Waals surface area contributed by atoms with E-state index in [1.807, 2.05) is 0 Å². The van der Waals surface area contributed by atoms with Crippen molar-refractivity contribution in [2.75, 3.05) is 6.54 Å². The van der Waals surface area contributed by atoms with E-state index in [1.165, 1.54) is 49.7 Å². The van der Waals surface area contributed by atoms with Crippen LogP contribution in [0.3, 0.4) is 0 Å². The molecule has 1 aliphatic rings. The smallest absolute Gasteiger partial charge is 0.0456 e. The Kier molecular flexibility index (Phi) is 5.72. The minimum Gasteiger partial charge on any atom is -0.310 e. The molecule has 19 heavy (non-hydrogen) atoms. The lowest BCUT2D eigenvalue weighted by atomic mass is 9.81. The van der Waals surface area contributed by atoms with Crippen LogP contribution in [0.4, 0.5) is 0 Å². The summed E-state index contributed by atoms with van der Waals surface area (Å²) in [5.74, 6) is 0.750. The second-order valence-corrected chi connectivity index (χ2v) is 6.26. The van der Waals surface area contributed by atoms with Crippen molar-refractivity contribution in [3.63, 3.8) is 0 Å². The van der Waals surface area contributed by atoms with Crippen molar-refractivity contribution in [3.8, 4) is 0 Å². The Hall–Kier alpha value is -0.530. The highest BCUT2D eigenvalue weighted by Gasteiger charge is 2.25. The van der Waals surface area contributed by atoms with Crippen molar-refractivity contribution in [1.29, 1.82) is 0 Å². The van der Waals surface area contributed by atoms with Crippen LogP contribution in [-0.4, -0.2) is 6.54 Å². The van der Waals surface area contributed by atoms with Gasteiger partial charge in [0.1, 0.15) is 0 Å². The van der Waals surface area contributed by atoms with Crippen LogP contribution < -0.4 is 5.32 Å². The van der Waals surface area contributed by atoms with E-state index in [9.17, 15) is 0 Å². The molecule has 0 aromatic heterocycles. The molecular formula is C17H26ClN. The average molecular weight is 280 g/mol. The van der Waals surface area contributed by atoms with E-state index in [-0.39, 0.29) is 0 Å². The molecule has 1 fully saturated rings. The van der Waals surface area contributed by atoms with Gasteiger partial charge in [0, 0.05) is 11.1 Å². The summed E-state index contributed by atoms with van der Waals surface area (Å²) in [4.78, 5) is 0. The van der Waals surface area contributed by atoms with Gasteiger partial charge in [0.2, 0.25) is 0 Å². The highest BCUT2D eigenvalue weighted by molar-refractivity contribution is 6.31. The molecule has 1 unspecified atom stereocenters. The quantitative estimate of drug-likeness (QED) is 0.774. The van der Waals surface area contributed by atoms with Crippen molar-refractivity contribution in [1.82, 2.24) is 5.32 Å². The normalized spacial score (nSPS) is 18.5. The number of hydrogen-bond acceptors (Lipinski definition) is 1. The molecule has 0 radical (unpaired) electrons. The van der Waals surface area contributed by atoms with E-state index >= 15 is 0 Å². The first-order valence-corrected chi connectivity index (χ1v) is 8.09. The lowest BCUT2D eigenvalue weighted by Gasteiger charge is -2.32. The number of rotatable bonds is 5.